The van der Waals surface area contributed by atoms with E-state index in [0.29, 0.717) is 13.0 Å². The van der Waals surface area contributed by atoms with Gasteiger partial charge in [0, 0.05) is 6.04 Å². The molecule has 1 aromatic rings. The van der Waals surface area contributed by atoms with Crippen molar-refractivity contribution in [2.75, 3.05) is 6.54 Å². The summed E-state index contributed by atoms with van der Waals surface area (Å²) < 4.78 is 52.7. The van der Waals surface area contributed by atoms with Crippen LogP contribution in [0.15, 0.2) is 23.1 Å². The molecular formula is C15H21F2NO2S. The van der Waals surface area contributed by atoms with Crippen LogP contribution in [0.4, 0.5) is 8.78 Å². The van der Waals surface area contributed by atoms with Gasteiger partial charge in [0.1, 0.15) is 16.5 Å². The molecule has 2 rings (SSSR count). The summed E-state index contributed by atoms with van der Waals surface area (Å²) in [6.07, 6.45) is 3.95. The Kier molecular flexibility index (Phi) is 5.32. The van der Waals surface area contributed by atoms with Crippen LogP contribution in [0.2, 0.25) is 0 Å². The van der Waals surface area contributed by atoms with Crippen LogP contribution >= 0.6 is 0 Å². The Labute approximate surface area is 124 Å². The Morgan fingerprint density at radius 3 is 2.62 bits per heavy atom. The van der Waals surface area contributed by atoms with Crippen molar-refractivity contribution in [1.82, 2.24) is 5.32 Å². The van der Waals surface area contributed by atoms with Gasteiger partial charge >= 0.3 is 0 Å². The van der Waals surface area contributed by atoms with Crippen LogP contribution in [-0.4, -0.2) is 26.3 Å². The summed E-state index contributed by atoms with van der Waals surface area (Å²) in [7, 11) is -3.89. The van der Waals surface area contributed by atoms with E-state index in [1.54, 1.807) is 0 Å². The van der Waals surface area contributed by atoms with E-state index in [1.165, 1.54) is 0 Å². The molecule has 21 heavy (non-hydrogen) atoms. The Hall–Kier alpha value is -1.01. The van der Waals surface area contributed by atoms with E-state index < -0.39 is 31.6 Å². The van der Waals surface area contributed by atoms with Crippen molar-refractivity contribution < 1.29 is 17.2 Å². The van der Waals surface area contributed by atoms with E-state index in [-0.39, 0.29) is 6.04 Å². The first kappa shape index (κ1) is 16.4. The molecule has 1 aliphatic rings. The molecule has 1 fully saturated rings. The van der Waals surface area contributed by atoms with Crippen LogP contribution in [0.25, 0.3) is 0 Å². The molecule has 1 aliphatic carbocycles. The van der Waals surface area contributed by atoms with E-state index in [9.17, 15) is 17.2 Å². The zero-order chi connectivity index (χ0) is 15.5. The first-order valence-corrected chi connectivity index (χ1v) is 8.93. The van der Waals surface area contributed by atoms with Crippen molar-refractivity contribution in [1.29, 1.82) is 0 Å². The molecule has 2 unspecified atom stereocenters. The van der Waals surface area contributed by atoms with Gasteiger partial charge < -0.3 is 5.32 Å². The van der Waals surface area contributed by atoms with Crippen molar-refractivity contribution in [2.45, 2.75) is 55.2 Å². The minimum atomic E-state index is -3.89. The van der Waals surface area contributed by atoms with Crippen molar-refractivity contribution in [2.24, 2.45) is 0 Å². The fraction of sp³-hybridized carbons (Fsp3) is 0.600. The largest absolute Gasteiger partial charge is 0.313 e. The molecule has 3 nitrogen and oxygen atoms in total. The minimum Gasteiger partial charge on any atom is -0.313 e. The van der Waals surface area contributed by atoms with Crippen LogP contribution in [-0.2, 0) is 9.84 Å². The van der Waals surface area contributed by atoms with Gasteiger partial charge in [0.2, 0.25) is 0 Å². The van der Waals surface area contributed by atoms with Crippen LogP contribution in [0.5, 0.6) is 0 Å². The Morgan fingerprint density at radius 2 is 1.90 bits per heavy atom. The molecule has 6 heteroatoms. The average Bonchev–Trinajstić information content (AvgIpc) is 2.68. The Morgan fingerprint density at radius 1 is 1.19 bits per heavy atom. The number of sulfone groups is 1. The van der Waals surface area contributed by atoms with Gasteiger partial charge in [0.05, 0.1) is 5.25 Å². The molecule has 0 aliphatic heterocycles. The van der Waals surface area contributed by atoms with Crippen molar-refractivity contribution in [3.05, 3.63) is 29.8 Å². The molecule has 0 saturated heterocycles. The molecule has 0 radical (unpaired) electrons. The zero-order valence-corrected chi connectivity index (χ0v) is 12.9. The van der Waals surface area contributed by atoms with E-state index in [2.05, 4.69) is 5.32 Å². The lowest BCUT2D eigenvalue weighted by Crippen LogP contribution is -2.43. The van der Waals surface area contributed by atoms with Gasteiger partial charge in [-0.1, -0.05) is 26.2 Å². The first-order chi connectivity index (χ1) is 9.96. The second kappa shape index (κ2) is 6.83. The molecule has 1 saturated carbocycles. The standard InChI is InChI=1S/C15H21F2NO2S/c1-2-18-13-6-4-3-5-7-14(13)21(19,20)15-10-11(16)8-9-12(15)17/h8-10,13-14,18H,2-7H2,1H3. The normalized spacial score (nSPS) is 23.8. The highest BCUT2D eigenvalue weighted by atomic mass is 32.2. The maximum Gasteiger partial charge on any atom is 0.185 e. The lowest BCUT2D eigenvalue weighted by atomic mass is 10.1. The van der Waals surface area contributed by atoms with Crippen LogP contribution < -0.4 is 5.32 Å². The van der Waals surface area contributed by atoms with E-state index in [4.69, 9.17) is 0 Å². The summed E-state index contributed by atoms with van der Waals surface area (Å²) >= 11 is 0. The fourth-order valence-corrected chi connectivity index (χ4v) is 5.08. The molecule has 1 N–H and O–H groups in total. The first-order valence-electron chi connectivity index (χ1n) is 7.39. The van der Waals surface area contributed by atoms with Gasteiger partial charge in [-0.3, -0.25) is 0 Å². The average molecular weight is 317 g/mol. The minimum absolute atomic E-state index is 0.204. The van der Waals surface area contributed by atoms with Gasteiger partial charge in [-0.2, -0.15) is 0 Å². The van der Waals surface area contributed by atoms with Gasteiger partial charge in [0.25, 0.3) is 0 Å². The second-order valence-electron chi connectivity index (χ2n) is 5.46. The van der Waals surface area contributed by atoms with Crippen LogP contribution in [0.1, 0.15) is 39.0 Å². The third-order valence-electron chi connectivity index (χ3n) is 4.02. The quantitative estimate of drug-likeness (QED) is 0.868. The van der Waals surface area contributed by atoms with Crippen molar-refractivity contribution >= 4 is 9.84 Å². The maximum absolute atomic E-state index is 13.9. The highest BCUT2D eigenvalue weighted by Gasteiger charge is 2.36. The molecule has 0 bridgehead atoms. The predicted octanol–water partition coefficient (Wildman–Crippen LogP) is 3.05. The molecule has 0 spiro atoms. The topological polar surface area (TPSA) is 46.2 Å². The molecule has 0 heterocycles. The SMILES string of the molecule is CCNC1CCCCCC1S(=O)(=O)c1cc(F)ccc1F. The maximum atomic E-state index is 13.9. The molecule has 0 aromatic heterocycles. The fourth-order valence-electron chi connectivity index (χ4n) is 3.00. The number of benzene rings is 1. The van der Waals surface area contributed by atoms with E-state index in [1.807, 2.05) is 6.92 Å². The molecule has 118 valence electrons. The Bertz CT molecular complexity index is 589. The smallest absolute Gasteiger partial charge is 0.185 e. The van der Waals surface area contributed by atoms with Gasteiger partial charge in [-0.25, -0.2) is 17.2 Å². The zero-order valence-electron chi connectivity index (χ0n) is 12.1. The number of nitrogens with one attached hydrogen (secondary N) is 1. The highest BCUT2D eigenvalue weighted by Crippen LogP contribution is 2.30. The van der Waals surface area contributed by atoms with Crippen LogP contribution in [0, 0.1) is 11.6 Å². The lowest BCUT2D eigenvalue weighted by Gasteiger charge is -2.26. The highest BCUT2D eigenvalue weighted by molar-refractivity contribution is 7.92. The second-order valence-corrected chi connectivity index (χ2v) is 7.60. The summed E-state index contributed by atoms with van der Waals surface area (Å²) in [4.78, 5) is -0.516. The molecule has 2 atom stereocenters. The van der Waals surface area contributed by atoms with Crippen LogP contribution in [0.3, 0.4) is 0 Å². The number of hydrogen-bond acceptors (Lipinski definition) is 3. The predicted molar refractivity (Wildman–Crippen MR) is 77.9 cm³/mol. The van der Waals surface area contributed by atoms with Gasteiger partial charge in [-0.15, -0.1) is 0 Å². The number of hydrogen-bond donors (Lipinski definition) is 1. The van der Waals surface area contributed by atoms with E-state index >= 15 is 0 Å². The third kappa shape index (κ3) is 3.61. The van der Waals surface area contributed by atoms with Crippen molar-refractivity contribution in [3.63, 3.8) is 0 Å². The van der Waals surface area contributed by atoms with Gasteiger partial charge in [-0.05, 0) is 37.6 Å². The summed E-state index contributed by atoms with van der Waals surface area (Å²) in [5.41, 5.74) is 0. The molecule has 0 amide bonds. The number of halogens is 2. The summed E-state index contributed by atoms with van der Waals surface area (Å²) in [5.74, 6) is -1.61. The summed E-state index contributed by atoms with van der Waals surface area (Å²) in [5, 5.41) is 2.49. The molecule has 1 aromatic carbocycles. The molecular weight excluding hydrogens is 296 g/mol. The lowest BCUT2D eigenvalue weighted by molar-refractivity contribution is 0.457. The summed E-state index contributed by atoms with van der Waals surface area (Å²) in [6, 6.07) is 2.40. The Balaban J connectivity index is 2.41. The monoisotopic (exact) mass is 317 g/mol. The van der Waals surface area contributed by atoms with Gasteiger partial charge in [0.15, 0.2) is 9.84 Å². The third-order valence-corrected chi connectivity index (χ3v) is 6.30. The van der Waals surface area contributed by atoms with Crippen molar-refractivity contribution in [3.8, 4) is 0 Å². The van der Waals surface area contributed by atoms with E-state index in [0.717, 1.165) is 43.9 Å². The summed E-state index contributed by atoms with van der Waals surface area (Å²) in [6.45, 7) is 2.57. The number of rotatable bonds is 4.